The fourth-order valence-electron chi connectivity index (χ4n) is 1.68. The highest BCUT2D eigenvalue weighted by atomic mass is 79.9. The zero-order valence-corrected chi connectivity index (χ0v) is 12.3. The fraction of sp³-hybridized carbons (Fsp3) is 0.417. The largest absolute Gasteiger partial charge is 0.383 e. The van der Waals surface area contributed by atoms with Crippen molar-refractivity contribution in [3.63, 3.8) is 0 Å². The van der Waals surface area contributed by atoms with Gasteiger partial charge in [0.1, 0.15) is 6.10 Å². The topological polar surface area (TPSA) is 73.1 Å². The number of aliphatic hydroxyl groups excluding tert-OH is 1. The minimum absolute atomic E-state index is 0.491. The van der Waals surface area contributed by atoms with Gasteiger partial charge in [-0.05, 0) is 22.9 Å². The van der Waals surface area contributed by atoms with E-state index in [4.69, 9.17) is 4.74 Å². The summed E-state index contributed by atoms with van der Waals surface area (Å²) < 4.78 is 7.45. The molecule has 0 spiro atoms. The number of hydrogen-bond acceptors (Lipinski definition) is 5. The van der Waals surface area contributed by atoms with Crippen molar-refractivity contribution in [3.05, 3.63) is 40.1 Å². The summed E-state index contributed by atoms with van der Waals surface area (Å²) in [5, 5.41) is 14.6. The van der Waals surface area contributed by atoms with Crippen molar-refractivity contribution < 1.29 is 9.84 Å². The van der Waals surface area contributed by atoms with Crippen LogP contribution < -0.4 is 0 Å². The van der Waals surface area contributed by atoms with Gasteiger partial charge < -0.3 is 9.84 Å². The molecule has 0 saturated heterocycles. The number of halogens is 1. The van der Waals surface area contributed by atoms with Crippen molar-refractivity contribution in [1.29, 1.82) is 0 Å². The van der Waals surface area contributed by atoms with Crippen molar-refractivity contribution >= 4 is 15.9 Å². The Morgan fingerprint density at radius 2 is 2.16 bits per heavy atom. The van der Waals surface area contributed by atoms with Crippen LogP contribution in [0, 0.1) is 6.92 Å². The molecule has 0 aliphatic carbocycles. The lowest BCUT2D eigenvalue weighted by atomic mass is 10.2. The lowest BCUT2D eigenvalue weighted by molar-refractivity contribution is 0.169. The van der Waals surface area contributed by atoms with E-state index in [-0.39, 0.29) is 0 Å². The summed E-state index contributed by atoms with van der Waals surface area (Å²) in [5.74, 6) is 0. The number of rotatable bonds is 5. The van der Waals surface area contributed by atoms with Gasteiger partial charge in [0.15, 0.2) is 0 Å². The van der Waals surface area contributed by atoms with Gasteiger partial charge in [0.2, 0.25) is 0 Å². The summed E-state index contributed by atoms with van der Waals surface area (Å²) in [7, 11) is 1.63. The maximum Gasteiger partial charge on any atom is 0.140 e. The van der Waals surface area contributed by atoms with Crippen LogP contribution in [0.5, 0.6) is 0 Å². The second-order valence-corrected chi connectivity index (χ2v) is 4.93. The Morgan fingerprint density at radius 3 is 2.79 bits per heavy atom. The number of nitrogens with zero attached hydrogens (tertiary/aromatic N) is 4. The van der Waals surface area contributed by atoms with Crippen LogP contribution in [0.25, 0.3) is 0 Å². The van der Waals surface area contributed by atoms with E-state index >= 15 is 0 Å². The number of methoxy groups -OCH3 is 1. The third-order valence-corrected chi connectivity index (χ3v) is 3.29. The Kier molecular flexibility index (Phi) is 4.62. The zero-order valence-electron chi connectivity index (χ0n) is 10.7. The summed E-state index contributed by atoms with van der Waals surface area (Å²) in [5.41, 5.74) is 1.95. The second kappa shape index (κ2) is 6.23. The lowest BCUT2D eigenvalue weighted by Crippen LogP contribution is -2.14. The third kappa shape index (κ3) is 3.17. The monoisotopic (exact) mass is 326 g/mol. The van der Waals surface area contributed by atoms with Crippen LogP contribution in [-0.2, 0) is 11.3 Å². The molecule has 2 heterocycles. The third-order valence-electron chi connectivity index (χ3n) is 2.68. The van der Waals surface area contributed by atoms with E-state index in [0.717, 1.165) is 10.2 Å². The van der Waals surface area contributed by atoms with E-state index in [0.29, 0.717) is 24.5 Å². The van der Waals surface area contributed by atoms with Crippen LogP contribution in [0.3, 0.4) is 0 Å². The van der Waals surface area contributed by atoms with Crippen molar-refractivity contribution in [1.82, 2.24) is 19.7 Å². The summed E-state index contributed by atoms with van der Waals surface area (Å²) in [4.78, 5) is 8.33. The van der Waals surface area contributed by atoms with Gasteiger partial charge in [-0.1, -0.05) is 0 Å². The Bertz CT molecular complexity index is 541. The normalized spacial score (nSPS) is 12.6. The van der Waals surface area contributed by atoms with Gasteiger partial charge in [0.25, 0.3) is 0 Å². The van der Waals surface area contributed by atoms with E-state index in [1.165, 1.54) is 0 Å². The van der Waals surface area contributed by atoms with Crippen LogP contribution in [0.2, 0.25) is 0 Å². The van der Waals surface area contributed by atoms with Crippen molar-refractivity contribution in [2.24, 2.45) is 0 Å². The molecule has 2 aromatic heterocycles. The minimum atomic E-state index is -0.873. The van der Waals surface area contributed by atoms with Crippen LogP contribution >= 0.6 is 15.9 Å². The van der Waals surface area contributed by atoms with E-state index in [9.17, 15) is 5.11 Å². The molecule has 0 bridgehead atoms. The van der Waals surface area contributed by atoms with Gasteiger partial charge in [-0.15, -0.1) is 0 Å². The molecular formula is C12H15BrN4O2. The molecule has 6 nitrogen and oxygen atoms in total. The molecule has 102 valence electrons. The molecular weight excluding hydrogens is 312 g/mol. The first-order valence-electron chi connectivity index (χ1n) is 5.80. The average Bonchev–Trinajstić information content (AvgIpc) is 2.77. The summed E-state index contributed by atoms with van der Waals surface area (Å²) in [6.07, 6.45) is 3.97. The van der Waals surface area contributed by atoms with E-state index in [2.05, 4.69) is 31.0 Å². The van der Waals surface area contributed by atoms with Crippen LogP contribution in [0.15, 0.2) is 23.1 Å². The molecule has 1 atom stereocenters. The standard InChI is InChI=1S/C12H15BrN4O2/c1-8-5-15-10(7-14-8)12(18)11-9(13)6-16-17(11)3-4-19-2/h5-7,12,18H,3-4H2,1-2H3. The molecule has 7 heteroatoms. The molecule has 19 heavy (non-hydrogen) atoms. The molecule has 0 radical (unpaired) electrons. The van der Waals surface area contributed by atoms with Crippen molar-refractivity contribution in [2.45, 2.75) is 19.6 Å². The number of aryl methyl sites for hydroxylation is 1. The summed E-state index contributed by atoms with van der Waals surface area (Å²) in [6.45, 7) is 2.93. The molecule has 0 aliphatic rings. The Labute approximate surface area is 119 Å². The van der Waals surface area contributed by atoms with E-state index in [1.807, 2.05) is 6.92 Å². The molecule has 0 aromatic carbocycles. The molecule has 0 saturated carbocycles. The smallest absolute Gasteiger partial charge is 0.140 e. The van der Waals surface area contributed by atoms with Gasteiger partial charge in [-0.2, -0.15) is 5.10 Å². The first kappa shape index (κ1) is 14.1. The second-order valence-electron chi connectivity index (χ2n) is 4.08. The summed E-state index contributed by atoms with van der Waals surface area (Å²) in [6, 6.07) is 0. The molecule has 1 N–H and O–H groups in total. The maximum atomic E-state index is 10.4. The van der Waals surface area contributed by atoms with Crippen LogP contribution in [0.1, 0.15) is 23.2 Å². The highest BCUT2D eigenvalue weighted by molar-refractivity contribution is 9.10. The average molecular weight is 327 g/mol. The molecule has 2 rings (SSSR count). The van der Waals surface area contributed by atoms with Crippen LogP contribution in [0.4, 0.5) is 0 Å². The predicted octanol–water partition coefficient (Wildman–Crippen LogP) is 1.47. The molecule has 1 unspecified atom stereocenters. The Hall–Kier alpha value is -1.31. The van der Waals surface area contributed by atoms with Gasteiger partial charge in [0.05, 0.1) is 47.1 Å². The highest BCUT2D eigenvalue weighted by Crippen LogP contribution is 2.27. The van der Waals surface area contributed by atoms with Gasteiger partial charge >= 0.3 is 0 Å². The summed E-state index contributed by atoms with van der Waals surface area (Å²) >= 11 is 3.39. The molecule has 0 amide bonds. The highest BCUT2D eigenvalue weighted by Gasteiger charge is 2.20. The molecule has 0 aliphatic heterocycles. The predicted molar refractivity (Wildman–Crippen MR) is 72.6 cm³/mol. The first-order chi connectivity index (χ1) is 9.13. The van der Waals surface area contributed by atoms with Crippen LogP contribution in [-0.4, -0.2) is 38.6 Å². The SMILES string of the molecule is COCCn1ncc(Br)c1C(O)c1cnc(C)cn1. The first-order valence-corrected chi connectivity index (χ1v) is 6.59. The fourth-order valence-corrected chi connectivity index (χ4v) is 2.20. The van der Waals surface area contributed by atoms with Gasteiger partial charge in [0, 0.05) is 13.3 Å². The van der Waals surface area contributed by atoms with Crippen molar-refractivity contribution in [2.75, 3.05) is 13.7 Å². The van der Waals surface area contributed by atoms with E-state index < -0.39 is 6.10 Å². The molecule has 2 aromatic rings. The Morgan fingerprint density at radius 1 is 1.37 bits per heavy atom. The van der Waals surface area contributed by atoms with Gasteiger partial charge in [-0.3, -0.25) is 14.6 Å². The quantitative estimate of drug-likeness (QED) is 0.900. The maximum absolute atomic E-state index is 10.4. The number of aliphatic hydroxyl groups is 1. The minimum Gasteiger partial charge on any atom is -0.383 e. The van der Waals surface area contributed by atoms with Gasteiger partial charge in [-0.25, -0.2) is 0 Å². The zero-order chi connectivity index (χ0) is 13.8. The number of aromatic nitrogens is 4. The molecule has 0 fully saturated rings. The van der Waals surface area contributed by atoms with Crippen molar-refractivity contribution in [3.8, 4) is 0 Å². The number of ether oxygens (including phenoxy) is 1. The number of hydrogen-bond donors (Lipinski definition) is 1. The Balaban J connectivity index is 2.29. The lowest BCUT2D eigenvalue weighted by Gasteiger charge is -2.13. The van der Waals surface area contributed by atoms with E-state index in [1.54, 1.807) is 30.4 Å².